The molecule has 1 fully saturated rings. The van der Waals surface area contributed by atoms with Gasteiger partial charge < -0.3 is 9.84 Å². The Balaban J connectivity index is 2.26. The monoisotopic (exact) mass is 304 g/mol. The van der Waals surface area contributed by atoms with Gasteiger partial charge in [0.1, 0.15) is 6.10 Å². The second-order valence-electron chi connectivity index (χ2n) is 6.38. The number of hydrogen-bond acceptors (Lipinski definition) is 3. The lowest BCUT2D eigenvalue weighted by atomic mass is 9.88. The molecule has 22 heavy (non-hydrogen) atoms. The number of hydrogen-bond donors (Lipinski definition) is 1. The average molecular weight is 304 g/mol. The molecule has 1 N–H and O–H groups in total. The summed E-state index contributed by atoms with van der Waals surface area (Å²) >= 11 is 0. The lowest BCUT2D eigenvalue weighted by Gasteiger charge is -2.22. The molecular formula is C18H24O4. The Kier molecular flexibility index (Phi) is 5.01. The second kappa shape index (κ2) is 6.61. The van der Waals surface area contributed by atoms with Crippen molar-refractivity contribution in [2.45, 2.75) is 46.1 Å². The molecule has 1 aliphatic rings. The van der Waals surface area contributed by atoms with Crippen molar-refractivity contribution in [1.29, 1.82) is 0 Å². The Bertz CT molecular complexity index is 568. The summed E-state index contributed by atoms with van der Waals surface area (Å²) in [7, 11) is 1.55. The third-order valence-electron chi connectivity index (χ3n) is 4.68. The molecule has 4 heteroatoms. The SMILES string of the molecule is COC(C(=O)C1CCC(C(=O)O)C1)c1c(C)cc(C)cc1C. The summed E-state index contributed by atoms with van der Waals surface area (Å²) in [6.45, 7) is 6.01. The number of rotatable bonds is 5. The topological polar surface area (TPSA) is 63.6 Å². The molecule has 1 aromatic carbocycles. The Morgan fingerprint density at radius 3 is 2.14 bits per heavy atom. The molecule has 3 atom stereocenters. The van der Waals surface area contributed by atoms with E-state index < -0.39 is 18.0 Å². The van der Waals surface area contributed by atoms with Gasteiger partial charge in [0.05, 0.1) is 5.92 Å². The fourth-order valence-corrected chi connectivity index (χ4v) is 3.66. The van der Waals surface area contributed by atoms with E-state index in [0.29, 0.717) is 19.3 Å². The van der Waals surface area contributed by atoms with Gasteiger partial charge in [-0.25, -0.2) is 0 Å². The fourth-order valence-electron chi connectivity index (χ4n) is 3.66. The molecule has 0 radical (unpaired) electrons. The first-order valence-corrected chi connectivity index (χ1v) is 7.72. The van der Waals surface area contributed by atoms with E-state index >= 15 is 0 Å². The standard InChI is InChI=1S/C18H24O4/c1-10-7-11(2)15(12(3)8-10)17(22-4)16(19)13-5-6-14(9-13)18(20)21/h7-8,13-14,17H,5-6,9H2,1-4H3,(H,20,21). The first-order chi connectivity index (χ1) is 10.3. The Hall–Kier alpha value is -1.68. The van der Waals surface area contributed by atoms with Crippen LogP contribution in [0.15, 0.2) is 12.1 Å². The highest BCUT2D eigenvalue weighted by Gasteiger charge is 2.38. The number of methoxy groups -OCH3 is 1. The van der Waals surface area contributed by atoms with Gasteiger partial charge in [-0.05, 0) is 56.7 Å². The number of aliphatic carboxylic acids is 1. The van der Waals surface area contributed by atoms with Gasteiger partial charge in [-0.2, -0.15) is 0 Å². The van der Waals surface area contributed by atoms with E-state index in [4.69, 9.17) is 9.84 Å². The maximum atomic E-state index is 12.8. The van der Waals surface area contributed by atoms with Crippen LogP contribution in [-0.2, 0) is 14.3 Å². The molecule has 3 unspecified atom stereocenters. The summed E-state index contributed by atoms with van der Waals surface area (Å²) in [5.41, 5.74) is 4.18. The molecule has 0 aliphatic heterocycles. The second-order valence-corrected chi connectivity index (χ2v) is 6.38. The molecule has 2 rings (SSSR count). The van der Waals surface area contributed by atoms with E-state index in [1.807, 2.05) is 20.8 Å². The van der Waals surface area contributed by atoms with E-state index in [1.165, 1.54) is 0 Å². The van der Waals surface area contributed by atoms with E-state index in [0.717, 1.165) is 22.3 Å². The van der Waals surface area contributed by atoms with Gasteiger partial charge in [0.2, 0.25) is 0 Å². The summed E-state index contributed by atoms with van der Waals surface area (Å²) in [4.78, 5) is 23.9. The van der Waals surface area contributed by atoms with Crippen molar-refractivity contribution in [3.05, 3.63) is 34.4 Å². The van der Waals surface area contributed by atoms with Crippen molar-refractivity contribution in [3.63, 3.8) is 0 Å². The summed E-state index contributed by atoms with van der Waals surface area (Å²) < 4.78 is 5.51. The van der Waals surface area contributed by atoms with Gasteiger partial charge >= 0.3 is 5.97 Å². The number of ether oxygens (including phenoxy) is 1. The van der Waals surface area contributed by atoms with E-state index in [-0.39, 0.29) is 11.7 Å². The van der Waals surface area contributed by atoms with Gasteiger partial charge in [0.25, 0.3) is 0 Å². The molecule has 120 valence electrons. The van der Waals surface area contributed by atoms with Gasteiger partial charge in [-0.1, -0.05) is 17.7 Å². The average Bonchev–Trinajstić information content (AvgIpc) is 2.91. The predicted molar refractivity (Wildman–Crippen MR) is 83.9 cm³/mol. The number of carbonyl (C=O) groups is 2. The zero-order valence-corrected chi connectivity index (χ0v) is 13.7. The predicted octanol–water partition coefficient (Wildman–Crippen LogP) is 3.37. The largest absolute Gasteiger partial charge is 0.481 e. The molecule has 0 saturated heterocycles. The number of aryl methyl sites for hydroxylation is 3. The third-order valence-corrected chi connectivity index (χ3v) is 4.68. The highest BCUT2D eigenvalue weighted by atomic mass is 16.5. The van der Waals surface area contributed by atoms with Crippen LogP contribution in [0.5, 0.6) is 0 Å². The van der Waals surface area contributed by atoms with Gasteiger partial charge in [0, 0.05) is 13.0 Å². The quantitative estimate of drug-likeness (QED) is 0.906. The van der Waals surface area contributed by atoms with Crippen LogP contribution < -0.4 is 0 Å². The van der Waals surface area contributed by atoms with Crippen LogP contribution in [0.2, 0.25) is 0 Å². The highest BCUT2D eigenvalue weighted by molar-refractivity contribution is 5.88. The zero-order valence-electron chi connectivity index (χ0n) is 13.7. The van der Waals surface area contributed by atoms with Crippen LogP contribution in [0.25, 0.3) is 0 Å². The minimum Gasteiger partial charge on any atom is -0.481 e. The Labute approximate surface area is 131 Å². The van der Waals surface area contributed by atoms with Crippen molar-refractivity contribution in [2.24, 2.45) is 11.8 Å². The lowest BCUT2D eigenvalue weighted by molar-refractivity contribution is -0.141. The summed E-state index contributed by atoms with van der Waals surface area (Å²) in [6, 6.07) is 4.10. The van der Waals surface area contributed by atoms with Crippen LogP contribution in [0.3, 0.4) is 0 Å². The molecular weight excluding hydrogens is 280 g/mol. The molecule has 0 bridgehead atoms. The number of Topliss-reactive ketones (excluding diaryl/α,β-unsaturated/α-hetero) is 1. The van der Waals surface area contributed by atoms with E-state index in [2.05, 4.69) is 12.1 Å². The maximum Gasteiger partial charge on any atom is 0.306 e. The molecule has 1 aromatic rings. The number of ketones is 1. The molecule has 1 saturated carbocycles. The smallest absolute Gasteiger partial charge is 0.306 e. The molecule has 4 nitrogen and oxygen atoms in total. The first kappa shape index (κ1) is 16.7. The van der Waals surface area contributed by atoms with Crippen molar-refractivity contribution in [1.82, 2.24) is 0 Å². The van der Waals surface area contributed by atoms with Crippen LogP contribution in [0.4, 0.5) is 0 Å². The lowest BCUT2D eigenvalue weighted by Crippen LogP contribution is -2.24. The van der Waals surface area contributed by atoms with Crippen molar-refractivity contribution >= 4 is 11.8 Å². The first-order valence-electron chi connectivity index (χ1n) is 7.72. The van der Waals surface area contributed by atoms with Crippen molar-refractivity contribution in [3.8, 4) is 0 Å². The maximum absolute atomic E-state index is 12.8. The fraction of sp³-hybridized carbons (Fsp3) is 0.556. The molecule has 1 aliphatic carbocycles. The summed E-state index contributed by atoms with van der Waals surface area (Å²) in [6.07, 6.45) is 1.05. The van der Waals surface area contributed by atoms with Crippen LogP contribution in [-0.4, -0.2) is 24.0 Å². The van der Waals surface area contributed by atoms with Gasteiger partial charge in [-0.15, -0.1) is 0 Å². The molecule has 0 aromatic heterocycles. The van der Waals surface area contributed by atoms with Crippen LogP contribution in [0.1, 0.15) is 47.6 Å². The van der Waals surface area contributed by atoms with Crippen molar-refractivity contribution < 1.29 is 19.4 Å². The van der Waals surface area contributed by atoms with Crippen molar-refractivity contribution in [2.75, 3.05) is 7.11 Å². The van der Waals surface area contributed by atoms with Crippen LogP contribution >= 0.6 is 0 Å². The van der Waals surface area contributed by atoms with Gasteiger partial charge in [-0.3, -0.25) is 9.59 Å². The minimum atomic E-state index is -0.799. The number of benzene rings is 1. The third kappa shape index (κ3) is 3.22. The van der Waals surface area contributed by atoms with Gasteiger partial charge in [0.15, 0.2) is 5.78 Å². The normalized spacial score (nSPS) is 22.5. The Morgan fingerprint density at radius 1 is 1.14 bits per heavy atom. The minimum absolute atomic E-state index is 0.0151. The summed E-state index contributed by atoms with van der Waals surface area (Å²) in [5.74, 6) is -1.40. The number of carbonyl (C=O) groups excluding carboxylic acids is 1. The Morgan fingerprint density at radius 2 is 1.68 bits per heavy atom. The summed E-state index contributed by atoms with van der Waals surface area (Å²) in [5, 5.41) is 9.10. The molecule has 0 heterocycles. The number of carboxylic acids is 1. The van der Waals surface area contributed by atoms with E-state index in [1.54, 1.807) is 7.11 Å². The number of carboxylic acid groups (broad SMARTS) is 1. The highest BCUT2D eigenvalue weighted by Crippen LogP contribution is 2.37. The van der Waals surface area contributed by atoms with Crippen LogP contribution in [0, 0.1) is 32.6 Å². The molecule has 0 amide bonds. The zero-order chi connectivity index (χ0) is 16.4. The molecule has 0 spiro atoms. The van der Waals surface area contributed by atoms with E-state index in [9.17, 15) is 9.59 Å².